The molecule has 0 aliphatic heterocycles. The van der Waals surface area contributed by atoms with Gasteiger partial charge in [-0.3, -0.25) is 4.79 Å². The number of nitrogens with one attached hydrogen (secondary N) is 1. The highest BCUT2D eigenvalue weighted by molar-refractivity contribution is 5.94. The van der Waals surface area contributed by atoms with Crippen molar-refractivity contribution >= 4 is 16.8 Å². The number of aryl methyl sites for hydroxylation is 1. The molecular weight excluding hydrogens is 324 g/mol. The number of hydrogen-bond acceptors (Lipinski definition) is 3. The van der Waals surface area contributed by atoms with Crippen LogP contribution in [-0.4, -0.2) is 24.0 Å². The number of hydrogen-bond donors (Lipinski definition) is 1. The Morgan fingerprint density at radius 1 is 1.12 bits per heavy atom. The van der Waals surface area contributed by atoms with E-state index in [1.165, 1.54) is 5.56 Å². The van der Waals surface area contributed by atoms with Gasteiger partial charge in [-0.25, -0.2) is 4.98 Å². The van der Waals surface area contributed by atoms with Crippen molar-refractivity contribution in [1.82, 2.24) is 10.3 Å². The lowest BCUT2D eigenvalue weighted by atomic mass is 10.0. The van der Waals surface area contributed by atoms with Gasteiger partial charge in [0.25, 0.3) is 5.91 Å². The number of aromatic nitrogens is 1. The van der Waals surface area contributed by atoms with Crippen LogP contribution in [0.15, 0.2) is 54.6 Å². The molecule has 0 aliphatic rings. The second-order valence-electron chi connectivity index (χ2n) is 6.69. The summed E-state index contributed by atoms with van der Waals surface area (Å²) in [4.78, 5) is 16.7. The van der Waals surface area contributed by atoms with E-state index < -0.39 is 0 Å². The van der Waals surface area contributed by atoms with E-state index in [0.717, 1.165) is 22.2 Å². The summed E-state index contributed by atoms with van der Waals surface area (Å²) in [5, 5.41) is 3.89. The Morgan fingerprint density at radius 2 is 1.92 bits per heavy atom. The Bertz CT molecular complexity index is 919. The maximum Gasteiger partial charge on any atom is 0.270 e. The van der Waals surface area contributed by atoms with Crippen molar-refractivity contribution in [2.24, 2.45) is 0 Å². The van der Waals surface area contributed by atoms with Gasteiger partial charge in [0.1, 0.15) is 18.1 Å². The van der Waals surface area contributed by atoms with Gasteiger partial charge in [0.05, 0.1) is 12.1 Å². The molecule has 26 heavy (non-hydrogen) atoms. The largest absolute Gasteiger partial charge is 0.491 e. The summed E-state index contributed by atoms with van der Waals surface area (Å²) in [5.74, 6) is 1.09. The summed E-state index contributed by atoms with van der Waals surface area (Å²) in [5.41, 5.74) is 3.58. The van der Waals surface area contributed by atoms with E-state index in [0.29, 0.717) is 24.8 Å². The van der Waals surface area contributed by atoms with E-state index >= 15 is 0 Å². The summed E-state index contributed by atoms with van der Waals surface area (Å²) in [6.07, 6.45) is 0. The SMILES string of the molecule is Cc1ccc(C(C)C)c(OCCNC(=O)c2ccc3ccccc3n2)c1. The van der Waals surface area contributed by atoms with E-state index in [1.807, 2.05) is 43.3 Å². The molecule has 0 saturated carbocycles. The first-order valence-electron chi connectivity index (χ1n) is 8.92. The zero-order chi connectivity index (χ0) is 18.5. The molecule has 0 saturated heterocycles. The van der Waals surface area contributed by atoms with Crippen LogP contribution < -0.4 is 10.1 Å². The Balaban J connectivity index is 1.58. The average molecular weight is 348 g/mol. The van der Waals surface area contributed by atoms with E-state index in [2.05, 4.69) is 36.3 Å². The number of nitrogens with zero attached hydrogens (tertiary/aromatic N) is 1. The summed E-state index contributed by atoms with van der Waals surface area (Å²) >= 11 is 0. The first kappa shape index (κ1) is 17.9. The topological polar surface area (TPSA) is 51.2 Å². The van der Waals surface area contributed by atoms with Crippen LogP contribution in [0.4, 0.5) is 0 Å². The third-order valence-electron chi connectivity index (χ3n) is 4.27. The van der Waals surface area contributed by atoms with Gasteiger partial charge in [0.15, 0.2) is 0 Å². The molecule has 0 bridgehead atoms. The Morgan fingerprint density at radius 3 is 2.73 bits per heavy atom. The zero-order valence-electron chi connectivity index (χ0n) is 15.5. The fourth-order valence-corrected chi connectivity index (χ4v) is 2.85. The van der Waals surface area contributed by atoms with Gasteiger partial charge in [-0.05, 0) is 42.2 Å². The average Bonchev–Trinajstić information content (AvgIpc) is 2.64. The Hall–Kier alpha value is -2.88. The third kappa shape index (κ3) is 4.20. The van der Waals surface area contributed by atoms with Crippen molar-refractivity contribution in [3.8, 4) is 5.75 Å². The third-order valence-corrected chi connectivity index (χ3v) is 4.27. The van der Waals surface area contributed by atoms with Crippen molar-refractivity contribution in [3.63, 3.8) is 0 Å². The predicted molar refractivity (Wildman–Crippen MR) is 105 cm³/mol. The first-order valence-corrected chi connectivity index (χ1v) is 8.92. The minimum atomic E-state index is -0.187. The van der Waals surface area contributed by atoms with Gasteiger partial charge in [0, 0.05) is 5.39 Å². The van der Waals surface area contributed by atoms with Gasteiger partial charge in [-0.2, -0.15) is 0 Å². The van der Waals surface area contributed by atoms with Crippen molar-refractivity contribution in [2.45, 2.75) is 26.7 Å². The minimum absolute atomic E-state index is 0.187. The Kier molecular flexibility index (Phi) is 5.52. The molecule has 0 atom stereocenters. The molecule has 1 heterocycles. The first-order chi connectivity index (χ1) is 12.5. The molecule has 3 aromatic rings. The second kappa shape index (κ2) is 8.00. The molecule has 4 nitrogen and oxygen atoms in total. The van der Waals surface area contributed by atoms with Crippen LogP contribution in [0.25, 0.3) is 10.9 Å². The number of rotatable bonds is 6. The number of para-hydroxylation sites is 1. The van der Waals surface area contributed by atoms with Gasteiger partial charge < -0.3 is 10.1 Å². The fourth-order valence-electron chi connectivity index (χ4n) is 2.85. The molecule has 0 unspecified atom stereocenters. The minimum Gasteiger partial charge on any atom is -0.491 e. The van der Waals surface area contributed by atoms with Crippen molar-refractivity contribution < 1.29 is 9.53 Å². The van der Waals surface area contributed by atoms with Gasteiger partial charge in [0.2, 0.25) is 0 Å². The van der Waals surface area contributed by atoms with Crippen LogP contribution in [0.3, 0.4) is 0 Å². The molecular formula is C22H24N2O2. The van der Waals surface area contributed by atoms with Crippen LogP contribution in [-0.2, 0) is 0 Å². The quantitative estimate of drug-likeness (QED) is 0.669. The number of pyridine rings is 1. The van der Waals surface area contributed by atoms with E-state index in [4.69, 9.17) is 4.74 Å². The van der Waals surface area contributed by atoms with E-state index in [-0.39, 0.29) is 5.91 Å². The zero-order valence-corrected chi connectivity index (χ0v) is 15.5. The predicted octanol–water partition coefficient (Wildman–Crippen LogP) is 4.48. The highest BCUT2D eigenvalue weighted by Crippen LogP contribution is 2.27. The monoisotopic (exact) mass is 348 g/mol. The summed E-state index contributed by atoms with van der Waals surface area (Å²) in [7, 11) is 0. The summed E-state index contributed by atoms with van der Waals surface area (Å²) in [6.45, 7) is 7.18. The molecule has 1 aromatic heterocycles. The van der Waals surface area contributed by atoms with Crippen LogP contribution in [0.2, 0.25) is 0 Å². The highest BCUT2D eigenvalue weighted by atomic mass is 16.5. The number of fused-ring (bicyclic) bond motifs is 1. The number of benzene rings is 2. The van der Waals surface area contributed by atoms with Crippen LogP contribution >= 0.6 is 0 Å². The summed E-state index contributed by atoms with van der Waals surface area (Å²) in [6, 6.07) is 17.7. The summed E-state index contributed by atoms with van der Waals surface area (Å²) < 4.78 is 5.90. The molecule has 0 fully saturated rings. The number of ether oxygens (including phenoxy) is 1. The van der Waals surface area contributed by atoms with Crippen LogP contribution in [0.5, 0.6) is 5.75 Å². The number of carbonyl (C=O) groups excluding carboxylic acids is 1. The van der Waals surface area contributed by atoms with E-state index in [9.17, 15) is 4.79 Å². The van der Waals surface area contributed by atoms with Gasteiger partial charge in [-0.1, -0.05) is 50.2 Å². The lowest BCUT2D eigenvalue weighted by Crippen LogP contribution is -2.28. The molecule has 2 aromatic carbocycles. The Labute approximate surface area is 154 Å². The van der Waals surface area contributed by atoms with Crippen molar-refractivity contribution in [2.75, 3.05) is 13.2 Å². The van der Waals surface area contributed by atoms with Crippen molar-refractivity contribution in [3.05, 3.63) is 71.4 Å². The number of amides is 1. The second-order valence-corrected chi connectivity index (χ2v) is 6.69. The fraction of sp³-hybridized carbons (Fsp3) is 0.273. The number of carbonyl (C=O) groups is 1. The highest BCUT2D eigenvalue weighted by Gasteiger charge is 2.10. The molecule has 1 N–H and O–H groups in total. The molecule has 4 heteroatoms. The molecule has 0 spiro atoms. The molecule has 1 amide bonds. The standard InChI is InChI=1S/C22H24N2O2/c1-15(2)18-10-8-16(3)14-21(18)26-13-12-23-22(25)20-11-9-17-6-4-5-7-19(17)24-20/h4-11,14-15H,12-13H2,1-3H3,(H,23,25). The van der Waals surface area contributed by atoms with Crippen LogP contribution in [0, 0.1) is 6.92 Å². The van der Waals surface area contributed by atoms with Crippen molar-refractivity contribution in [1.29, 1.82) is 0 Å². The van der Waals surface area contributed by atoms with Gasteiger partial charge in [-0.15, -0.1) is 0 Å². The molecule has 134 valence electrons. The maximum absolute atomic E-state index is 12.3. The lowest BCUT2D eigenvalue weighted by molar-refractivity contribution is 0.0942. The lowest BCUT2D eigenvalue weighted by Gasteiger charge is -2.15. The smallest absolute Gasteiger partial charge is 0.270 e. The van der Waals surface area contributed by atoms with Gasteiger partial charge >= 0.3 is 0 Å². The van der Waals surface area contributed by atoms with E-state index in [1.54, 1.807) is 6.07 Å². The normalized spacial score (nSPS) is 10.9. The van der Waals surface area contributed by atoms with Crippen LogP contribution in [0.1, 0.15) is 41.4 Å². The molecule has 0 radical (unpaired) electrons. The maximum atomic E-state index is 12.3. The molecule has 0 aliphatic carbocycles. The molecule has 3 rings (SSSR count).